The van der Waals surface area contributed by atoms with Gasteiger partial charge in [-0.25, -0.2) is 13.1 Å². The molecule has 1 aliphatic rings. The van der Waals surface area contributed by atoms with Crippen LogP contribution in [0.25, 0.3) is 0 Å². The average Bonchev–Trinajstić information content (AvgIpc) is 2.75. The third-order valence-corrected chi connectivity index (χ3v) is 4.00. The molecule has 6 heteroatoms. The lowest BCUT2D eigenvalue weighted by atomic mass is 10.3. The van der Waals surface area contributed by atoms with Gasteiger partial charge in [0, 0.05) is 32.0 Å². The number of nitrogens with one attached hydrogen (secondary N) is 2. The van der Waals surface area contributed by atoms with Gasteiger partial charge >= 0.3 is 0 Å². The van der Waals surface area contributed by atoms with E-state index in [1.807, 2.05) is 0 Å². The second-order valence-electron chi connectivity index (χ2n) is 3.82. The van der Waals surface area contributed by atoms with Crippen molar-refractivity contribution in [2.45, 2.75) is 17.4 Å². The summed E-state index contributed by atoms with van der Waals surface area (Å²) in [6.45, 7) is 1.59. The van der Waals surface area contributed by atoms with Crippen molar-refractivity contribution in [2.75, 3.05) is 13.1 Å². The van der Waals surface area contributed by atoms with Crippen molar-refractivity contribution in [2.24, 2.45) is 7.05 Å². The van der Waals surface area contributed by atoms with Crippen LogP contribution in [0.3, 0.4) is 0 Å². The third-order valence-electron chi connectivity index (χ3n) is 2.50. The summed E-state index contributed by atoms with van der Waals surface area (Å²) < 4.78 is 28.1. The average molecular weight is 229 g/mol. The van der Waals surface area contributed by atoms with E-state index in [1.54, 1.807) is 30.1 Å². The van der Waals surface area contributed by atoms with E-state index in [9.17, 15) is 8.42 Å². The van der Waals surface area contributed by atoms with E-state index >= 15 is 0 Å². The molecule has 1 aliphatic heterocycles. The molecule has 0 radical (unpaired) electrons. The first-order valence-corrected chi connectivity index (χ1v) is 6.41. The quantitative estimate of drug-likeness (QED) is 0.745. The Balaban J connectivity index is 2.12. The summed E-state index contributed by atoms with van der Waals surface area (Å²) in [5.41, 5.74) is 0. The molecule has 1 atom stereocenters. The van der Waals surface area contributed by atoms with Crippen molar-refractivity contribution >= 4 is 10.0 Å². The standard InChI is InChI=1S/C9H15N3O2S/c1-12-5-3-9(7-12)15(13,14)11-8-2-4-10-6-8/h3,5,7-8,10-11H,2,4,6H2,1H3/t8-/m1/s1. The second-order valence-corrected chi connectivity index (χ2v) is 5.54. The molecule has 1 aromatic heterocycles. The number of nitrogens with zero attached hydrogens (tertiary/aromatic N) is 1. The van der Waals surface area contributed by atoms with Crippen LogP contribution in [0.4, 0.5) is 0 Å². The molecule has 84 valence electrons. The van der Waals surface area contributed by atoms with Crippen molar-refractivity contribution in [1.29, 1.82) is 0 Å². The van der Waals surface area contributed by atoms with Crippen LogP contribution in [-0.2, 0) is 17.1 Å². The second kappa shape index (κ2) is 3.96. The number of sulfonamides is 1. The van der Waals surface area contributed by atoms with Gasteiger partial charge in [-0.2, -0.15) is 0 Å². The molecule has 0 spiro atoms. The summed E-state index contributed by atoms with van der Waals surface area (Å²) >= 11 is 0. The highest BCUT2D eigenvalue weighted by Crippen LogP contribution is 2.10. The van der Waals surface area contributed by atoms with Crippen LogP contribution in [0.2, 0.25) is 0 Å². The molecule has 2 N–H and O–H groups in total. The summed E-state index contributed by atoms with van der Waals surface area (Å²) in [5, 5.41) is 3.12. The molecule has 2 heterocycles. The van der Waals surface area contributed by atoms with Gasteiger partial charge in [0.15, 0.2) is 0 Å². The van der Waals surface area contributed by atoms with Crippen LogP contribution in [0, 0.1) is 0 Å². The molecule has 2 rings (SSSR count). The highest BCUT2D eigenvalue weighted by Gasteiger charge is 2.22. The summed E-state index contributed by atoms with van der Waals surface area (Å²) in [5.74, 6) is 0. The van der Waals surface area contributed by atoms with Gasteiger partial charge < -0.3 is 9.88 Å². The zero-order chi connectivity index (χ0) is 10.9. The Bertz CT molecular complexity index is 432. The van der Waals surface area contributed by atoms with E-state index < -0.39 is 10.0 Å². The van der Waals surface area contributed by atoms with Gasteiger partial charge in [-0.3, -0.25) is 0 Å². The number of rotatable bonds is 3. The third kappa shape index (κ3) is 2.39. The maximum Gasteiger partial charge on any atom is 0.242 e. The molecule has 1 aromatic rings. The predicted molar refractivity (Wildman–Crippen MR) is 57.0 cm³/mol. The molecular weight excluding hydrogens is 214 g/mol. The van der Waals surface area contributed by atoms with Crippen molar-refractivity contribution in [3.05, 3.63) is 18.5 Å². The molecular formula is C9H15N3O2S. The summed E-state index contributed by atoms with van der Waals surface area (Å²) in [6, 6.07) is 1.63. The maximum absolute atomic E-state index is 11.8. The molecule has 0 saturated carbocycles. The fourth-order valence-electron chi connectivity index (χ4n) is 1.68. The number of aryl methyl sites for hydroxylation is 1. The minimum absolute atomic E-state index is 0.0233. The number of aromatic nitrogens is 1. The van der Waals surface area contributed by atoms with E-state index in [1.165, 1.54) is 0 Å². The van der Waals surface area contributed by atoms with Crippen LogP contribution in [0.15, 0.2) is 23.4 Å². The summed E-state index contributed by atoms with van der Waals surface area (Å²) in [6.07, 6.45) is 4.18. The Morgan fingerprint density at radius 2 is 2.40 bits per heavy atom. The summed E-state index contributed by atoms with van der Waals surface area (Å²) in [4.78, 5) is 0.330. The Hall–Kier alpha value is -0.850. The summed E-state index contributed by atoms with van der Waals surface area (Å²) in [7, 11) is -1.53. The lowest BCUT2D eigenvalue weighted by Crippen LogP contribution is -2.36. The first-order chi connectivity index (χ1) is 7.08. The molecule has 1 fully saturated rings. The van der Waals surface area contributed by atoms with E-state index in [4.69, 9.17) is 0 Å². The van der Waals surface area contributed by atoms with Crippen LogP contribution in [0.1, 0.15) is 6.42 Å². The van der Waals surface area contributed by atoms with Crippen molar-refractivity contribution in [3.63, 3.8) is 0 Å². The largest absolute Gasteiger partial charge is 0.356 e. The van der Waals surface area contributed by atoms with Gasteiger partial charge in [0.05, 0.1) is 4.90 Å². The first-order valence-electron chi connectivity index (χ1n) is 4.93. The van der Waals surface area contributed by atoms with E-state index in [0.29, 0.717) is 11.4 Å². The van der Waals surface area contributed by atoms with E-state index in [-0.39, 0.29) is 6.04 Å². The van der Waals surface area contributed by atoms with Gasteiger partial charge in [-0.05, 0) is 19.0 Å². The van der Waals surface area contributed by atoms with Crippen LogP contribution >= 0.6 is 0 Å². The molecule has 1 saturated heterocycles. The normalized spacial score (nSPS) is 22.1. The van der Waals surface area contributed by atoms with Gasteiger partial charge in [-0.1, -0.05) is 0 Å². The molecule has 0 unspecified atom stereocenters. The molecule has 5 nitrogen and oxygen atoms in total. The first kappa shape index (κ1) is 10.7. The highest BCUT2D eigenvalue weighted by molar-refractivity contribution is 7.89. The Morgan fingerprint density at radius 1 is 1.60 bits per heavy atom. The van der Waals surface area contributed by atoms with E-state index in [2.05, 4.69) is 10.0 Å². The molecule has 0 bridgehead atoms. The van der Waals surface area contributed by atoms with Crippen molar-refractivity contribution in [3.8, 4) is 0 Å². The molecule has 15 heavy (non-hydrogen) atoms. The smallest absolute Gasteiger partial charge is 0.242 e. The topological polar surface area (TPSA) is 63.1 Å². The van der Waals surface area contributed by atoms with Gasteiger partial charge in [0.2, 0.25) is 10.0 Å². The fraction of sp³-hybridized carbons (Fsp3) is 0.556. The van der Waals surface area contributed by atoms with Crippen molar-refractivity contribution < 1.29 is 8.42 Å². The van der Waals surface area contributed by atoms with Gasteiger partial charge in [-0.15, -0.1) is 0 Å². The van der Waals surface area contributed by atoms with Gasteiger partial charge in [0.1, 0.15) is 0 Å². The van der Waals surface area contributed by atoms with Crippen molar-refractivity contribution in [1.82, 2.24) is 14.6 Å². The lowest BCUT2D eigenvalue weighted by molar-refractivity contribution is 0.560. The zero-order valence-corrected chi connectivity index (χ0v) is 9.42. The van der Waals surface area contributed by atoms with Crippen LogP contribution in [-0.4, -0.2) is 32.1 Å². The zero-order valence-electron chi connectivity index (χ0n) is 8.60. The Kier molecular flexibility index (Phi) is 2.81. The Labute approximate surface area is 89.5 Å². The van der Waals surface area contributed by atoms with Crippen LogP contribution in [0.5, 0.6) is 0 Å². The minimum Gasteiger partial charge on any atom is -0.356 e. The molecule has 0 aliphatic carbocycles. The Morgan fingerprint density at radius 3 is 2.93 bits per heavy atom. The fourth-order valence-corrected chi connectivity index (χ4v) is 3.00. The van der Waals surface area contributed by atoms with Crippen LogP contribution < -0.4 is 10.0 Å². The lowest BCUT2D eigenvalue weighted by Gasteiger charge is -2.10. The number of hydrogen-bond donors (Lipinski definition) is 2. The molecule has 0 amide bonds. The highest BCUT2D eigenvalue weighted by atomic mass is 32.2. The SMILES string of the molecule is Cn1ccc(S(=O)(=O)N[C@@H]2CCNC2)c1. The van der Waals surface area contributed by atoms with Gasteiger partial charge in [0.25, 0.3) is 0 Å². The maximum atomic E-state index is 11.8. The number of hydrogen-bond acceptors (Lipinski definition) is 3. The minimum atomic E-state index is -3.33. The monoisotopic (exact) mass is 229 g/mol. The molecule has 0 aromatic carbocycles. The van der Waals surface area contributed by atoms with E-state index in [0.717, 1.165) is 13.0 Å². The predicted octanol–water partition coefficient (Wildman–Crippen LogP) is -0.335.